The monoisotopic (exact) mass is 434 g/mol. The zero-order valence-electron chi connectivity index (χ0n) is 17.5. The molecular formula is C22H31ClN4O3. The molecule has 1 N–H and O–H groups in total. The third-order valence-electron chi connectivity index (χ3n) is 6.41. The Labute approximate surface area is 184 Å². The Morgan fingerprint density at radius 1 is 1.10 bits per heavy atom. The summed E-state index contributed by atoms with van der Waals surface area (Å²) in [5.74, 6) is -0.115. The van der Waals surface area contributed by atoms with Crippen molar-refractivity contribution in [2.24, 2.45) is 5.92 Å². The van der Waals surface area contributed by atoms with Crippen LogP contribution < -0.4 is 10.2 Å². The van der Waals surface area contributed by atoms with Crippen LogP contribution in [0.5, 0.6) is 0 Å². The summed E-state index contributed by atoms with van der Waals surface area (Å²) in [6.07, 6.45) is 3.06. The Hall–Kier alpha value is -2.12. The second-order valence-electron chi connectivity index (χ2n) is 8.27. The fourth-order valence-corrected chi connectivity index (χ4v) is 4.71. The number of benzene rings is 1. The molecule has 3 fully saturated rings. The van der Waals surface area contributed by atoms with Crippen molar-refractivity contribution in [2.75, 3.05) is 44.2 Å². The van der Waals surface area contributed by atoms with Crippen molar-refractivity contribution in [3.8, 4) is 0 Å². The van der Waals surface area contributed by atoms with Crippen LogP contribution in [-0.2, 0) is 20.8 Å². The molecule has 7 nitrogen and oxygen atoms in total. The predicted molar refractivity (Wildman–Crippen MR) is 118 cm³/mol. The standard InChI is InChI=1S/C22H30N4O3.ClH/c1-2-16-5-7-18(8-6-16)26-14-17(12-20(26)27)22(29)24-10-3-4-19(15-24)25-11-9-23-13-21(25)28;/h5-8,17,19,23H,2-4,9-15H2,1H3;1H. The summed E-state index contributed by atoms with van der Waals surface area (Å²) in [5, 5.41) is 3.10. The SMILES string of the molecule is CCc1ccc(N2CC(C(=O)N3CCCC(N4CCNCC4=O)C3)CC2=O)cc1.Cl. The minimum atomic E-state index is -0.300. The molecule has 2 atom stereocenters. The quantitative estimate of drug-likeness (QED) is 0.778. The van der Waals surface area contributed by atoms with E-state index in [2.05, 4.69) is 12.2 Å². The van der Waals surface area contributed by atoms with Crippen molar-refractivity contribution in [3.63, 3.8) is 0 Å². The third-order valence-corrected chi connectivity index (χ3v) is 6.41. The van der Waals surface area contributed by atoms with E-state index in [1.54, 1.807) is 4.90 Å². The van der Waals surface area contributed by atoms with E-state index in [1.165, 1.54) is 5.56 Å². The fraction of sp³-hybridized carbons (Fsp3) is 0.591. The van der Waals surface area contributed by atoms with Crippen molar-refractivity contribution < 1.29 is 14.4 Å². The fourth-order valence-electron chi connectivity index (χ4n) is 4.71. The highest BCUT2D eigenvalue weighted by molar-refractivity contribution is 6.00. The first-order valence-corrected chi connectivity index (χ1v) is 10.7. The largest absolute Gasteiger partial charge is 0.340 e. The predicted octanol–water partition coefficient (Wildman–Crippen LogP) is 1.45. The number of hydrogen-bond donors (Lipinski definition) is 1. The average Bonchev–Trinajstić information content (AvgIpc) is 3.15. The van der Waals surface area contributed by atoms with Gasteiger partial charge >= 0.3 is 0 Å². The first-order chi connectivity index (χ1) is 14.1. The van der Waals surface area contributed by atoms with Crippen LogP contribution in [0.4, 0.5) is 5.69 Å². The van der Waals surface area contributed by atoms with Crippen LogP contribution in [0.2, 0.25) is 0 Å². The van der Waals surface area contributed by atoms with Crippen LogP contribution in [-0.4, -0.2) is 72.8 Å². The highest BCUT2D eigenvalue weighted by atomic mass is 35.5. The molecule has 3 amide bonds. The summed E-state index contributed by atoms with van der Waals surface area (Å²) in [7, 11) is 0. The number of piperidine rings is 1. The van der Waals surface area contributed by atoms with Gasteiger partial charge in [0.15, 0.2) is 0 Å². The molecule has 4 rings (SSSR count). The highest BCUT2D eigenvalue weighted by Crippen LogP contribution is 2.28. The van der Waals surface area contributed by atoms with Gasteiger partial charge in [0.1, 0.15) is 0 Å². The summed E-state index contributed by atoms with van der Waals surface area (Å²) < 4.78 is 0. The van der Waals surface area contributed by atoms with Gasteiger partial charge in [0.05, 0.1) is 12.5 Å². The maximum Gasteiger partial charge on any atom is 0.236 e. The summed E-state index contributed by atoms with van der Waals surface area (Å²) >= 11 is 0. The lowest BCUT2D eigenvalue weighted by atomic mass is 10.00. The lowest BCUT2D eigenvalue weighted by molar-refractivity contribution is -0.142. The first-order valence-electron chi connectivity index (χ1n) is 10.7. The number of aryl methyl sites for hydroxylation is 1. The molecule has 3 heterocycles. The second kappa shape index (κ2) is 9.79. The first kappa shape index (κ1) is 22.6. The number of carbonyl (C=O) groups is 3. The lowest BCUT2D eigenvalue weighted by Gasteiger charge is -2.41. The van der Waals surface area contributed by atoms with Gasteiger partial charge in [0.25, 0.3) is 0 Å². The molecular weight excluding hydrogens is 404 g/mol. The van der Waals surface area contributed by atoms with Crippen LogP contribution in [0.15, 0.2) is 24.3 Å². The van der Waals surface area contributed by atoms with Gasteiger partial charge in [-0.25, -0.2) is 0 Å². The van der Waals surface area contributed by atoms with Crippen LogP contribution in [0.3, 0.4) is 0 Å². The third kappa shape index (κ3) is 4.62. The van der Waals surface area contributed by atoms with E-state index in [4.69, 9.17) is 0 Å². The van der Waals surface area contributed by atoms with Crippen molar-refractivity contribution in [1.29, 1.82) is 0 Å². The van der Waals surface area contributed by atoms with Crippen molar-refractivity contribution in [1.82, 2.24) is 15.1 Å². The van der Waals surface area contributed by atoms with E-state index < -0.39 is 0 Å². The Balaban J connectivity index is 0.00000256. The number of likely N-dealkylation sites (tertiary alicyclic amines) is 1. The summed E-state index contributed by atoms with van der Waals surface area (Å²) in [6, 6.07) is 8.11. The Morgan fingerprint density at radius 2 is 1.87 bits per heavy atom. The van der Waals surface area contributed by atoms with Crippen molar-refractivity contribution in [3.05, 3.63) is 29.8 Å². The average molecular weight is 435 g/mol. The van der Waals surface area contributed by atoms with Crippen LogP contribution in [0.1, 0.15) is 31.7 Å². The number of nitrogens with one attached hydrogen (secondary N) is 1. The molecule has 3 saturated heterocycles. The Morgan fingerprint density at radius 3 is 2.57 bits per heavy atom. The van der Waals surface area contributed by atoms with E-state index >= 15 is 0 Å². The molecule has 0 saturated carbocycles. The number of piperazine rings is 1. The molecule has 164 valence electrons. The molecule has 3 aliphatic heterocycles. The molecule has 0 aliphatic carbocycles. The van der Waals surface area contributed by atoms with E-state index in [1.807, 2.05) is 34.1 Å². The number of carbonyl (C=O) groups excluding carboxylic acids is 3. The minimum absolute atomic E-state index is 0. The van der Waals surface area contributed by atoms with Crippen molar-refractivity contribution in [2.45, 2.75) is 38.6 Å². The molecule has 0 aromatic heterocycles. The number of rotatable bonds is 4. The van der Waals surface area contributed by atoms with Gasteiger partial charge in [-0.15, -0.1) is 12.4 Å². The Bertz CT molecular complexity index is 785. The van der Waals surface area contributed by atoms with Crippen LogP contribution in [0.25, 0.3) is 0 Å². The maximum absolute atomic E-state index is 13.2. The summed E-state index contributed by atoms with van der Waals surface area (Å²) in [5.41, 5.74) is 2.10. The molecule has 30 heavy (non-hydrogen) atoms. The molecule has 1 aromatic carbocycles. The van der Waals surface area contributed by atoms with E-state index in [0.717, 1.165) is 31.5 Å². The Kier molecular flexibility index (Phi) is 7.36. The molecule has 8 heteroatoms. The number of anilines is 1. The second-order valence-corrected chi connectivity index (χ2v) is 8.27. The minimum Gasteiger partial charge on any atom is -0.340 e. The van der Waals surface area contributed by atoms with Gasteiger partial charge in [-0.1, -0.05) is 19.1 Å². The molecule has 2 unspecified atom stereocenters. The lowest BCUT2D eigenvalue weighted by Crippen LogP contribution is -2.58. The molecule has 1 aromatic rings. The summed E-state index contributed by atoms with van der Waals surface area (Å²) in [6.45, 7) is 5.73. The number of nitrogens with zero attached hydrogens (tertiary/aromatic N) is 3. The molecule has 0 radical (unpaired) electrons. The maximum atomic E-state index is 13.2. The normalized spacial score (nSPS) is 24.8. The number of hydrogen-bond acceptors (Lipinski definition) is 4. The smallest absolute Gasteiger partial charge is 0.236 e. The van der Waals surface area contributed by atoms with Crippen LogP contribution in [0, 0.1) is 5.92 Å². The van der Waals surface area contributed by atoms with E-state index in [0.29, 0.717) is 32.7 Å². The molecule has 0 spiro atoms. The van der Waals surface area contributed by atoms with Gasteiger partial charge in [0, 0.05) is 50.9 Å². The van der Waals surface area contributed by atoms with E-state index in [-0.39, 0.29) is 48.5 Å². The van der Waals surface area contributed by atoms with Gasteiger partial charge < -0.3 is 20.0 Å². The van der Waals surface area contributed by atoms with Gasteiger partial charge in [0.2, 0.25) is 17.7 Å². The van der Waals surface area contributed by atoms with Crippen molar-refractivity contribution >= 4 is 35.8 Å². The zero-order valence-corrected chi connectivity index (χ0v) is 18.3. The number of halogens is 1. The topological polar surface area (TPSA) is 73.0 Å². The zero-order chi connectivity index (χ0) is 20.4. The van der Waals surface area contributed by atoms with Gasteiger partial charge in [-0.3, -0.25) is 14.4 Å². The highest BCUT2D eigenvalue weighted by Gasteiger charge is 2.39. The van der Waals surface area contributed by atoms with Crippen LogP contribution >= 0.6 is 12.4 Å². The van der Waals surface area contributed by atoms with Gasteiger partial charge in [-0.2, -0.15) is 0 Å². The number of amides is 3. The molecule has 3 aliphatic rings. The summed E-state index contributed by atoms with van der Waals surface area (Å²) in [4.78, 5) is 43.5. The van der Waals surface area contributed by atoms with E-state index in [9.17, 15) is 14.4 Å². The van der Waals surface area contributed by atoms with Gasteiger partial charge in [-0.05, 0) is 37.0 Å². The molecule has 0 bridgehead atoms.